The molecule has 34 heavy (non-hydrogen) atoms. The van der Waals surface area contributed by atoms with Gasteiger partial charge < -0.3 is 10.1 Å². The Balaban J connectivity index is 1.58. The van der Waals surface area contributed by atoms with Crippen molar-refractivity contribution in [2.75, 3.05) is 24.4 Å². The number of allylic oxidation sites excluding steroid dienone is 3. The normalized spacial score (nSPS) is 15.0. The average Bonchev–Trinajstić information content (AvgIpc) is 3.47. The highest BCUT2D eigenvalue weighted by molar-refractivity contribution is 7.92. The first-order valence-corrected chi connectivity index (χ1v) is 13.1. The molecule has 1 fully saturated rings. The molecule has 176 valence electrons. The maximum atomic E-state index is 12.6. The molecule has 1 saturated heterocycles. The number of nitrogens with zero attached hydrogens (tertiary/aromatic N) is 4. The quantitative estimate of drug-likeness (QED) is 0.415. The fraction of sp³-hybridized carbons (Fsp3) is 0.227. The van der Waals surface area contributed by atoms with E-state index in [1.807, 2.05) is 23.7 Å². The minimum atomic E-state index is -3.90. The van der Waals surface area contributed by atoms with Crippen molar-refractivity contribution < 1.29 is 13.2 Å². The van der Waals surface area contributed by atoms with Crippen LogP contribution in [0.15, 0.2) is 63.4 Å². The second kappa shape index (κ2) is 10.4. The summed E-state index contributed by atoms with van der Waals surface area (Å²) in [6.45, 7) is 3.58. The maximum absolute atomic E-state index is 12.6. The van der Waals surface area contributed by atoms with Gasteiger partial charge >= 0.3 is 0 Å². The summed E-state index contributed by atoms with van der Waals surface area (Å²) in [5.41, 5.74) is 3.25. The number of sulfonamides is 1. The monoisotopic (exact) mass is 516 g/mol. The van der Waals surface area contributed by atoms with E-state index in [-0.39, 0.29) is 34.7 Å². The molecule has 0 unspecified atom stereocenters. The Kier molecular flexibility index (Phi) is 7.33. The van der Waals surface area contributed by atoms with Gasteiger partial charge in [-0.05, 0) is 37.3 Å². The number of halogens is 1. The van der Waals surface area contributed by atoms with Crippen molar-refractivity contribution in [1.82, 2.24) is 20.1 Å². The molecule has 0 atom stereocenters. The van der Waals surface area contributed by atoms with Crippen molar-refractivity contribution >= 4 is 44.4 Å². The molecule has 0 radical (unpaired) electrons. The molecule has 12 heteroatoms. The van der Waals surface area contributed by atoms with E-state index in [4.69, 9.17) is 16.3 Å². The Morgan fingerprint density at radius 2 is 2.26 bits per heavy atom. The lowest BCUT2D eigenvalue weighted by atomic mass is 10.1. The second-order valence-electron chi connectivity index (χ2n) is 7.35. The van der Waals surface area contributed by atoms with Crippen LogP contribution in [0, 0.1) is 11.3 Å². The lowest BCUT2D eigenvalue weighted by molar-refractivity contribution is 0.313. The first-order valence-electron chi connectivity index (χ1n) is 10.3. The second-order valence-corrected chi connectivity index (χ2v) is 10.2. The van der Waals surface area contributed by atoms with E-state index in [2.05, 4.69) is 20.1 Å². The van der Waals surface area contributed by atoms with Gasteiger partial charge in [-0.1, -0.05) is 17.7 Å². The van der Waals surface area contributed by atoms with Crippen LogP contribution in [0.25, 0.3) is 5.57 Å². The molecular weight excluding hydrogens is 496 g/mol. The van der Waals surface area contributed by atoms with Crippen molar-refractivity contribution in [1.29, 1.82) is 5.26 Å². The van der Waals surface area contributed by atoms with Gasteiger partial charge in [-0.3, -0.25) is 9.40 Å². The molecule has 1 aromatic carbocycles. The Bertz CT molecular complexity index is 1370. The third-order valence-corrected chi connectivity index (χ3v) is 7.40. The topological polar surface area (TPSA) is 122 Å². The van der Waals surface area contributed by atoms with E-state index in [0.717, 1.165) is 24.4 Å². The molecule has 0 spiro atoms. The number of nitrogens with one attached hydrogen (secondary N) is 2. The molecule has 2 N–H and O–H groups in total. The zero-order chi connectivity index (χ0) is 24.1. The van der Waals surface area contributed by atoms with Crippen molar-refractivity contribution in [2.45, 2.75) is 17.9 Å². The van der Waals surface area contributed by atoms with Gasteiger partial charge in [0.05, 0.1) is 27.7 Å². The molecule has 0 amide bonds. The van der Waals surface area contributed by atoms with Crippen molar-refractivity contribution in [3.8, 4) is 11.8 Å². The average molecular weight is 517 g/mol. The van der Waals surface area contributed by atoms with Gasteiger partial charge in [0.1, 0.15) is 18.4 Å². The highest BCUT2D eigenvalue weighted by Gasteiger charge is 2.23. The fourth-order valence-corrected chi connectivity index (χ4v) is 4.96. The lowest BCUT2D eigenvalue weighted by Crippen LogP contribution is -2.44. The molecule has 0 bridgehead atoms. The number of nitriles is 1. The third-order valence-electron chi connectivity index (χ3n) is 5.13. The maximum Gasteiger partial charge on any atom is 0.263 e. The number of aromatic nitrogens is 3. The molecule has 0 aliphatic carbocycles. The Morgan fingerprint density at radius 1 is 1.44 bits per heavy atom. The van der Waals surface area contributed by atoms with Crippen LogP contribution < -0.4 is 14.8 Å². The van der Waals surface area contributed by atoms with Gasteiger partial charge in [-0.2, -0.15) is 10.4 Å². The summed E-state index contributed by atoms with van der Waals surface area (Å²) < 4.78 is 35.6. The molecule has 4 rings (SSSR count). The van der Waals surface area contributed by atoms with Gasteiger partial charge in [0, 0.05) is 35.3 Å². The van der Waals surface area contributed by atoms with Crippen LogP contribution in [-0.4, -0.2) is 42.9 Å². The minimum Gasteiger partial charge on any atom is -0.487 e. The molecule has 9 nitrogen and oxygen atoms in total. The van der Waals surface area contributed by atoms with Crippen molar-refractivity contribution in [2.24, 2.45) is 0 Å². The zero-order valence-corrected chi connectivity index (χ0v) is 20.5. The summed E-state index contributed by atoms with van der Waals surface area (Å²) in [6.07, 6.45) is 5.29. The van der Waals surface area contributed by atoms with Crippen LogP contribution in [0.2, 0.25) is 0 Å². The molecule has 0 saturated carbocycles. The molecule has 3 heterocycles. The highest BCUT2D eigenvalue weighted by atomic mass is 35.5. The highest BCUT2D eigenvalue weighted by Crippen LogP contribution is 2.27. The number of ether oxygens (including phenoxy) is 1. The van der Waals surface area contributed by atoms with E-state index in [0.29, 0.717) is 5.03 Å². The molecule has 1 aliphatic rings. The van der Waals surface area contributed by atoms with E-state index in [1.165, 1.54) is 35.0 Å². The molecular formula is C22H21ClN6O3S2. The fourth-order valence-electron chi connectivity index (χ4n) is 3.25. The summed E-state index contributed by atoms with van der Waals surface area (Å²) in [6, 6.07) is 8.27. The predicted octanol–water partition coefficient (Wildman–Crippen LogP) is 3.76. The molecule has 1 aliphatic heterocycles. The minimum absolute atomic E-state index is 0.0623. The smallest absolute Gasteiger partial charge is 0.263 e. The number of hydrogen-bond donors (Lipinski definition) is 2. The number of thiazole rings is 1. The SMILES string of the molecule is C/C=C(Cl)\C=C(/COc1ccc(S(=O)(=O)Nc2cscn2)cc1C#N)c1ccnn1C1CNC1. The van der Waals surface area contributed by atoms with E-state index >= 15 is 0 Å². The largest absolute Gasteiger partial charge is 0.487 e. The van der Waals surface area contributed by atoms with Crippen LogP contribution in [0.5, 0.6) is 5.75 Å². The Hall–Kier alpha value is -3.17. The first-order chi connectivity index (χ1) is 16.4. The van der Waals surface area contributed by atoms with Gasteiger partial charge in [-0.15, -0.1) is 11.3 Å². The number of hydrogen-bond acceptors (Lipinski definition) is 8. The van der Waals surface area contributed by atoms with Crippen LogP contribution in [-0.2, 0) is 10.0 Å². The van der Waals surface area contributed by atoms with E-state index in [1.54, 1.807) is 23.7 Å². The van der Waals surface area contributed by atoms with Gasteiger partial charge in [-0.25, -0.2) is 13.4 Å². The van der Waals surface area contributed by atoms with Crippen molar-refractivity contribution in [3.63, 3.8) is 0 Å². The summed E-state index contributed by atoms with van der Waals surface area (Å²) >= 11 is 7.55. The van der Waals surface area contributed by atoms with Crippen LogP contribution >= 0.6 is 22.9 Å². The number of rotatable bonds is 9. The third kappa shape index (κ3) is 5.31. The van der Waals surface area contributed by atoms with Crippen LogP contribution in [0.3, 0.4) is 0 Å². The van der Waals surface area contributed by atoms with E-state index in [9.17, 15) is 13.7 Å². The van der Waals surface area contributed by atoms with Gasteiger partial charge in [0.25, 0.3) is 10.0 Å². The predicted molar refractivity (Wildman–Crippen MR) is 131 cm³/mol. The summed E-state index contributed by atoms with van der Waals surface area (Å²) in [7, 11) is -3.90. The number of benzene rings is 1. The van der Waals surface area contributed by atoms with Gasteiger partial charge in [0.2, 0.25) is 0 Å². The standard InChI is InChI=1S/C22H21ClN6O3S2/c1-2-17(23)7-16(20-5-6-27-29(20)18-10-25-11-18)12-32-21-4-3-19(8-15(21)9-24)34(30,31)28-22-13-33-14-26-22/h2-8,13-14,18,25,28H,10-12H2,1H3/b16-7+,17-2+. The first kappa shape index (κ1) is 24.0. The Morgan fingerprint density at radius 3 is 2.91 bits per heavy atom. The zero-order valence-electron chi connectivity index (χ0n) is 18.1. The van der Waals surface area contributed by atoms with Crippen molar-refractivity contribution in [3.05, 3.63) is 69.8 Å². The molecule has 3 aromatic rings. The summed E-state index contributed by atoms with van der Waals surface area (Å²) in [4.78, 5) is 3.86. The van der Waals surface area contributed by atoms with E-state index < -0.39 is 10.0 Å². The van der Waals surface area contributed by atoms with Crippen LogP contribution in [0.1, 0.15) is 24.2 Å². The number of anilines is 1. The molecule has 2 aromatic heterocycles. The summed E-state index contributed by atoms with van der Waals surface area (Å²) in [5.74, 6) is 0.478. The van der Waals surface area contributed by atoms with Crippen LogP contribution in [0.4, 0.5) is 5.82 Å². The Labute approximate surface area is 206 Å². The summed E-state index contributed by atoms with van der Waals surface area (Å²) in [5, 5.41) is 19.4. The van der Waals surface area contributed by atoms with Gasteiger partial charge in [0.15, 0.2) is 5.82 Å². The lowest BCUT2D eigenvalue weighted by Gasteiger charge is -2.29.